The maximum atomic E-state index is 12.1. The first-order valence-electron chi connectivity index (χ1n) is 6.94. The number of amides is 1. The summed E-state index contributed by atoms with van der Waals surface area (Å²) in [6, 6.07) is 3.75. The zero-order valence-corrected chi connectivity index (χ0v) is 11.5. The number of aromatic nitrogens is 1. The summed E-state index contributed by atoms with van der Waals surface area (Å²) in [6.07, 6.45) is 4.30. The lowest BCUT2D eigenvalue weighted by Crippen LogP contribution is -2.38. The molecule has 0 saturated carbocycles. The van der Waals surface area contributed by atoms with Crippen molar-refractivity contribution in [3.63, 3.8) is 0 Å². The molecule has 1 aromatic rings. The third-order valence-corrected chi connectivity index (χ3v) is 3.55. The number of methoxy groups -OCH3 is 1. The van der Waals surface area contributed by atoms with E-state index in [0.29, 0.717) is 24.8 Å². The number of carbonyl (C=O) groups excluding carboxylic acids is 1. The highest BCUT2D eigenvalue weighted by Gasteiger charge is 2.15. The van der Waals surface area contributed by atoms with Crippen molar-refractivity contribution in [2.24, 2.45) is 5.92 Å². The molecule has 0 bridgehead atoms. The molecule has 5 heteroatoms. The largest absolute Gasteiger partial charge is 0.383 e. The maximum absolute atomic E-state index is 12.1. The average Bonchev–Trinajstić information content (AvgIpc) is 2.92. The van der Waals surface area contributed by atoms with E-state index in [0.717, 1.165) is 19.6 Å². The minimum atomic E-state index is 0.00618. The Labute approximate surface area is 114 Å². The second kappa shape index (κ2) is 7.31. The van der Waals surface area contributed by atoms with Gasteiger partial charge in [-0.15, -0.1) is 0 Å². The van der Waals surface area contributed by atoms with Gasteiger partial charge in [0.05, 0.1) is 6.61 Å². The molecule has 1 fully saturated rings. The van der Waals surface area contributed by atoms with E-state index in [4.69, 9.17) is 4.74 Å². The van der Waals surface area contributed by atoms with Crippen LogP contribution in [-0.4, -0.2) is 43.8 Å². The van der Waals surface area contributed by atoms with Gasteiger partial charge < -0.3 is 19.9 Å². The summed E-state index contributed by atoms with van der Waals surface area (Å²) in [5.41, 5.74) is 0.709. The van der Waals surface area contributed by atoms with Crippen LogP contribution in [0.4, 0.5) is 0 Å². The lowest BCUT2D eigenvalue weighted by molar-refractivity contribution is 0.0933. The van der Waals surface area contributed by atoms with Crippen LogP contribution in [0.5, 0.6) is 0 Å². The molecular formula is C14H23N3O2. The van der Waals surface area contributed by atoms with Crippen LogP contribution in [0.2, 0.25) is 0 Å². The second-order valence-corrected chi connectivity index (χ2v) is 5.00. The molecule has 0 aliphatic carbocycles. The number of nitrogens with zero attached hydrogens (tertiary/aromatic N) is 1. The van der Waals surface area contributed by atoms with Crippen LogP contribution in [-0.2, 0) is 11.3 Å². The number of rotatable bonds is 6. The Morgan fingerprint density at radius 2 is 2.53 bits per heavy atom. The minimum Gasteiger partial charge on any atom is -0.383 e. The first-order chi connectivity index (χ1) is 9.31. The molecule has 0 aromatic carbocycles. The molecule has 1 aliphatic rings. The maximum Gasteiger partial charge on any atom is 0.267 e. The smallest absolute Gasteiger partial charge is 0.267 e. The third-order valence-electron chi connectivity index (χ3n) is 3.55. The lowest BCUT2D eigenvalue weighted by atomic mass is 10.00. The zero-order valence-electron chi connectivity index (χ0n) is 11.5. The highest BCUT2D eigenvalue weighted by atomic mass is 16.5. The Kier molecular flexibility index (Phi) is 5.42. The van der Waals surface area contributed by atoms with Crippen LogP contribution >= 0.6 is 0 Å². The van der Waals surface area contributed by atoms with Crippen molar-refractivity contribution in [3.05, 3.63) is 24.0 Å². The molecular weight excluding hydrogens is 242 g/mol. The first-order valence-corrected chi connectivity index (χ1v) is 6.94. The van der Waals surface area contributed by atoms with Gasteiger partial charge in [-0.05, 0) is 44.0 Å². The van der Waals surface area contributed by atoms with Crippen molar-refractivity contribution >= 4 is 5.91 Å². The molecule has 2 heterocycles. The van der Waals surface area contributed by atoms with E-state index in [1.807, 2.05) is 22.9 Å². The molecule has 1 unspecified atom stereocenters. The normalized spacial score (nSPS) is 19.3. The van der Waals surface area contributed by atoms with E-state index < -0.39 is 0 Å². The summed E-state index contributed by atoms with van der Waals surface area (Å²) in [5, 5.41) is 6.39. The Bertz CT molecular complexity index is 397. The number of hydrogen-bond donors (Lipinski definition) is 2. The molecule has 1 atom stereocenters. The molecule has 1 aliphatic heterocycles. The fourth-order valence-electron chi connectivity index (χ4n) is 2.43. The minimum absolute atomic E-state index is 0.00618. The van der Waals surface area contributed by atoms with Crippen LogP contribution < -0.4 is 10.6 Å². The van der Waals surface area contributed by atoms with E-state index in [-0.39, 0.29) is 5.91 Å². The van der Waals surface area contributed by atoms with E-state index >= 15 is 0 Å². The fourth-order valence-corrected chi connectivity index (χ4v) is 2.43. The zero-order chi connectivity index (χ0) is 13.5. The molecule has 1 aromatic heterocycles. The van der Waals surface area contributed by atoms with Crippen molar-refractivity contribution in [1.29, 1.82) is 0 Å². The number of ether oxygens (including phenoxy) is 1. The van der Waals surface area contributed by atoms with Crippen molar-refractivity contribution in [2.45, 2.75) is 19.4 Å². The Morgan fingerprint density at radius 3 is 3.26 bits per heavy atom. The molecule has 2 rings (SSSR count). The standard InChI is InChI=1S/C14H23N3O2/c1-19-9-8-17-7-3-5-13(17)14(18)16-11-12-4-2-6-15-10-12/h3,5,7,12,15H,2,4,6,8-11H2,1H3,(H,16,18). The Hall–Kier alpha value is -1.33. The number of piperidine rings is 1. The average molecular weight is 265 g/mol. The highest BCUT2D eigenvalue weighted by Crippen LogP contribution is 2.09. The summed E-state index contributed by atoms with van der Waals surface area (Å²) in [4.78, 5) is 12.1. The van der Waals surface area contributed by atoms with Gasteiger partial charge in [-0.3, -0.25) is 4.79 Å². The van der Waals surface area contributed by atoms with Gasteiger partial charge >= 0.3 is 0 Å². The predicted octanol–water partition coefficient (Wildman–Crippen LogP) is 0.864. The molecule has 5 nitrogen and oxygen atoms in total. The van der Waals surface area contributed by atoms with Gasteiger partial charge in [0.1, 0.15) is 5.69 Å². The summed E-state index contributed by atoms with van der Waals surface area (Å²) in [7, 11) is 1.67. The van der Waals surface area contributed by atoms with Crippen molar-refractivity contribution in [2.75, 3.05) is 33.4 Å². The van der Waals surface area contributed by atoms with Crippen LogP contribution in [0.15, 0.2) is 18.3 Å². The lowest BCUT2D eigenvalue weighted by Gasteiger charge is -2.23. The number of nitrogens with one attached hydrogen (secondary N) is 2. The highest BCUT2D eigenvalue weighted by molar-refractivity contribution is 5.92. The molecule has 2 N–H and O–H groups in total. The monoisotopic (exact) mass is 265 g/mol. The first kappa shape index (κ1) is 14.1. The van der Waals surface area contributed by atoms with Crippen molar-refractivity contribution in [1.82, 2.24) is 15.2 Å². The molecule has 1 amide bonds. The summed E-state index contributed by atoms with van der Waals surface area (Å²) < 4.78 is 6.97. The molecule has 0 spiro atoms. The van der Waals surface area contributed by atoms with Crippen LogP contribution in [0.3, 0.4) is 0 Å². The van der Waals surface area contributed by atoms with E-state index in [1.54, 1.807) is 7.11 Å². The SMILES string of the molecule is COCCn1cccc1C(=O)NCC1CCCNC1. The van der Waals surface area contributed by atoms with Crippen LogP contribution in [0.1, 0.15) is 23.3 Å². The fraction of sp³-hybridized carbons (Fsp3) is 0.643. The van der Waals surface area contributed by atoms with Gasteiger partial charge in [-0.1, -0.05) is 0 Å². The van der Waals surface area contributed by atoms with E-state index in [2.05, 4.69) is 10.6 Å². The van der Waals surface area contributed by atoms with E-state index in [1.165, 1.54) is 12.8 Å². The van der Waals surface area contributed by atoms with Gasteiger partial charge in [0.15, 0.2) is 0 Å². The van der Waals surface area contributed by atoms with Gasteiger partial charge in [0.2, 0.25) is 0 Å². The van der Waals surface area contributed by atoms with Crippen molar-refractivity contribution < 1.29 is 9.53 Å². The quantitative estimate of drug-likeness (QED) is 0.802. The number of carbonyl (C=O) groups is 1. The van der Waals surface area contributed by atoms with Crippen LogP contribution in [0.25, 0.3) is 0 Å². The summed E-state index contributed by atoms with van der Waals surface area (Å²) >= 11 is 0. The molecule has 19 heavy (non-hydrogen) atoms. The Morgan fingerprint density at radius 1 is 1.63 bits per heavy atom. The van der Waals surface area contributed by atoms with Gasteiger partial charge in [0, 0.05) is 26.4 Å². The number of hydrogen-bond acceptors (Lipinski definition) is 3. The van der Waals surface area contributed by atoms with Gasteiger partial charge in [-0.25, -0.2) is 0 Å². The topological polar surface area (TPSA) is 55.3 Å². The molecule has 106 valence electrons. The molecule has 0 radical (unpaired) electrons. The Balaban J connectivity index is 1.83. The predicted molar refractivity (Wildman–Crippen MR) is 74.2 cm³/mol. The summed E-state index contributed by atoms with van der Waals surface area (Å²) in [5.74, 6) is 0.562. The third kappa shape index (κ3) is 4.08. The van der Waals surface area contributed by atoms with Crippen molar-refractivity contribution in [3.8, 4) is 0 Å². The summed E-state index contributed by atoms with van der Waals surface area (Å²) in [6.45, 7) is 4.18. The van der Waals surface area contributed by atoms with Gasteiger partial charge in [0.25, 0.3) is 5.91 Å². The van der Waals surface area contributed by atoms with Gasteiger partial charge in [-0.2, -0.15) is 0 Å². The molecule has 1 saturated heterocycles. The van der Waals surface area contributed by atoms with E-state index in [9.17, 15) is 4.79 Å². The second-order valence-electron chi connectivity index (χ2n) is 5.00. The van der Waals surface area contributed by atoms with Crippen LogP contribution in [0, 0.1) is 5.92 Å².